The molecule has 0 fully saturated rings. The highest BCUT2D eigenvalue weighted by Crippen LogP contribution is 2.22. The molecule has 2 aromatic rings. The van der Waals surface area contributed by atoms with E-state index in [4.69, 9.17) is 14.6 Å². The fourth-order valence-corrected chi connectivity index (χ4v) is 2.10. The molecular weight excluding hydrogens is 296 g/mol. The molecule has 0 aliphatic rings. The molecule has 4 N–H and O–H groups in total. The number of aliphatic hydroxyl groups is 1. The second-order valence-electron chi connectivity index (χ2n) is 5.38. The van der Waals surface area contributed by atoms with Crippen LogP contribution in [-0.2, 0) is 6.54 Å². The van der Waals surface area contributed by atoms with E-state index in [1.807, 2.05) is 12.1 Å². The van der Waals surface area contributed by atoms with E-state index < -0.39 is 5.97 Å². The minimum Gasteiger partial charge on any atom is -0.478 e. The second-order valence-corrected chi connectivity index (χ2v) is 5.38. The van der Waals surface area contributed by atoms with Crippen LogP contribution < -0.4 is 10.6 Å². The number of aliphatic hydroxyl groups excluding tert-OH is 1. The number of carbonyl (C=O) groups is 1. The number of carboxylic acids is 1. The number of furan rings is 1. The van der Waals surface area contributed by atoms with Crippen molar-refractivity contribution in [3.63, 3.8) is 0 Å². The lowest BCUT2D eigenvalue weighted by Gasteiger charge is -2.07. The third kappa shape index (κ3) is 5.52. The Morgan fingerprint density at radius 1 is 1.13 bits per heavy atom. The SMILES string of the molecule is CC(O)CNCCNCc1ccc(-c2ccc(C(=O)O)cc2)o1. The van der Waals surface area contributed by atoms with Crippen molar-refractivity contribution in [3.8, 4) is 11.3 Å². The van der Waals surface area contributed by atoms with Gasteiger partial charge in [-0.25, -0.2) is 4.79 Å². The van der Waals surface area contributed by atoms with Crippen molar-refractivity contribution in [2.24, 2.45) is 0 Å². The van der Waals surface area contributed by atoms with Gasteiger partial charge in [0, 0.05) is 25.2 Å². The van der Waals surface area contributed by atoms with Gasteiger partial charge in [-0.05, 0) is 31.2 Å². The first kappa shape index (κ1) is 17.2. The fourth-order valence-electron chi connectivity index (χ4n) is 2.10. The lowest BCUT2D eigenvalue weighted by molar-refractivity contribution is 0.0697. The minimum absolute atomic E-state index is 0.256. The summed E-state index contributed by atoms with van der Waals surface area (Å²) in [7, 11) is 0. The van der Waals surface area contributed by atoms with Gasteiger partial charge < -0.3 is 25.3 Å². The van der Waals surface area contributed by atoms with Crippen LogP contribution >= 0.6 is 0 Å². The number of hydrogen-bond donors (Lipinski definition) is 4. The molecule has 0 radical (unpaired) electrons. The van der Waals surface area contributed by atoms with Crippen LogP contribution in [0.4, 0.5) is 0 Å². The Bertz CT molecular complexity index is 620. The number of nitrogens with one attached hydrogen (secondary N) is 2. The van der Waals surface area contributed by atoms with Gasteiger partial charge in [-0.2, -0.15) is 0 Å². The van der Waals surface area contributed by atoms with Crippen LogP contribution in [0.5, 0.6) is 0 Å². The predicted octanol–water partition coefficient (Wildman–Crippen LogP) is 1.70. The molecule has 0 spiro atoms. The molecule has 124 valence electrons. The maximum absolute atomic E-state index is 10.8. The maximum Gasteiger partial charge on any atom is 0.335 e. The second kappa shape index (κ2) is 8.47. The number of rotatable bonds is 9. The molecule has 0 aliphatic carbocycles. The molecule has 0 saturated carbocycles. The quantitative estimate of drug-likeness (QED) is 0.526. The molecular formula is C17H22N2O4. The Morgan fingerprint density at radius 2 is 1.83 bits per heavy atom. The lowest BCUT2D eigenvalue weighted by Crippen LogP contribution is -2.31. The highest BCUT2D eigenvalue weighted by molar-refractivity contribution is 5.88. The molecule has 0 aliphatic heterocycles. The van der Waals surface area contributed by atoms with E-state index >= 15 is 0 Å². The van der Waals surface area contributed by atoms with Crippen LogP contribution in [0.25, 0.3) is 11.3 Å². The van der Waals surface area contributed by atoms with E-state index in [-0.39, 0.29) is 11.7 Å². The average Bonchev–Trinajstić information content (AvgIpc) is 2.99. The highest BCUT2D eigenvalue weighted by Gasteiger charge is 2.07. The number of carboxylic acid groups (broad SMARTS) is 1. The lowest BCUT2D eigenvalue weighted by atomic mass is 10.1. The summed E-state index contributed by atoms with van der Waals surface area (Å²) in [5, 5.41) is 24.4. The molecule has 6 heteroatoms. The van der Waals surface area contributed by atoms with E-state index in [2.05, 4.69) is 10.6 Å². The fraction of sp³-hybridized carbons (Fsp3) is 0.353. The van der Waals surface area contributed by atoms with Crippen molar-refractivity contribution in [2.75, 3.05) is 19.6 Å². The first-order valence-corrected chi connectivity index (χ1v) is 7.58. The molecule has 1 heterocycles. The summed E-state index contributed by atoms with van der Waals surface area (Å²) in [4.78, 5) is 10.8. The topological polar surface area (TPSA) is 94.7 Å². The molecule has 1 aromatic carbocycles. The predicted molar refractivity (Wildman–Crippen MR) is 87.4 cm³/mol. The molecule has 0 bridgehead atoms. The zero-order valence-corrected chi connectivity index (χ0v) is 13.1. The van der Waals surface area contributed by atoms with Gasteiger partial charge in [-0.1, -0.05) is 12.1 Å². The van der Waals surface area contributed by atoms with Crippen LogP contribution in [-0.4, -0.2) is 41.9 Å². The van der Waals surface area contributed by atoms with Crippen molar-refractivity contribution in [3.05, 3.63) is 47.7 Å². The summed E-state index contributed by atoms with van der Waals surface area (Å²) >= 11 is 0. The maximum atomic E-state index is 10.8. The molecule has 1 unspecified atom stereocenters. The molecule has 23 heavy (non-hydrogen) atoms. The van der Waals surface area contributed by atoms with Gasteiger partial charge >= 0.3 is 5.97 Å². The minimum atomic E-state index is -0.940. The van der Waals surface area contributed by atoms with E-state index in [0.29, 0.717) is 18.8 Å². The molecule has 1 atom stereocenters. The Hall–Kier alpha value is -2.15. The van der Waals surface area contributed by atoms with Crippen molar-refractivity contribution >= 4 is 5.97 Å². The monoisotopic (exact) mass is 318 g/mol. The van der Waals surface area contributed by atoms with Crippen LogP contribution in [0.3, 0.4) is 0 Å². The van der Waals surface area contributed by atoms with Gasteiger partial charge in [0.2, 0.25) is 0 Å². The zero-order valence-electron chi connectivity index (χ0n) is 13.1. The Kier molecular flexibility index (Phi) is 6.34. The van der Waals surface area contributed by atoms with Gasteiger partial charge in [0.1, 0.15) is 11.5 Å². The standard InChI is InChI=1S/C17H22N2O4/c1-12(20)10-18-8-9-19-11-15-6-7-16(23-15)13-2-4-14(5-3-13)17(21)22/h2-7,12,18-20H,8-11H2,1H3,(H,21,22). The average molecular weight is 318 g/mol. The van der Waals surface area contributed by atoms with Crippen molar-refractivity contribution in [2.45, 2.75) is 19.6 Å². The van der Waals surface area contributed by atoms with Gasteiger partial charge in [-0.3, -0.25) is 0 Å². The van der Waals surface area contributed by atoms with Crippen LogP contribution in [0.1, 0.15) is 23.0 Å². The highest BCUT2D eigenvalue weighted by atomic mass is 16.4. The summed E-state index contributed by atoms with van der Waals surface area (Å²) in [5.74, 6) is 0.592. The van der Waals surface area contributed by atoms with Crippen LogP contribution in [0.15, 0.2) is 40.8 Å². The molecule has 0 amide bonds. The van der Waals surface area contributed by atoms with E-state index in [0.717, 1.165) is 24.4 Å². The Balaban J connectivity index is 1.80. The van der Waals surface area contributed by atoms with Crippen LogP contribution in [0, 0.1) is 0 Å². The van der Waals surface area contributed by atoms with Crippen molar-refractivity contribution in [1.29, 1.82) is 0 Å². The zero-order chi connectivity index (χ0) is 16.7. The third-order valence-corrected chi connectivity index (χ3v) is 3.30. The van der Waals surface area contributed by atoms with E-state index in [1.54, 1.807) is 31.2 Å². The largest absolute Gasteiger partial charge is 0.478 e. The first-order chi connectivity index (χ1) is 11.1. The van der Waals surface area contributed by atoms with Crippen LogP contribution in [0.2, 0.25) is 0 Å². The molecule has 2 rings (SSSR count). The summed E-state index contributed by atoms with van der Waals surface area (Å²) < 4.78 is 5.74. The van der Waals surface area contributed by atoms with Gasteiger partial charge in [0.05, 0.1) is 18.2 Å². The van der Waals surface area contributed by atoms with Gasteiger partial charge in [0.25, 0.3) is 0 Å². The number of hydrogen-bond acceptors (Lipinski definition) is 5. The summed E-state index contributed by atoms with van der Waals surface area (Å²) in [6.07, 6.45) is -0.338. The summed E-state index contributed by atoms with van der Waals surface area (Å²) in [6, 6.07) is 10.4. The third-order valence-electron chi connectivity index (χ3n) is 3.30. The smallest absolute Gasteiger partial charge is 0.335 e. The first-order valence-electron chi connectivity index (χ1n) is 7.58. The van der Waals surface area contributed by atoms with Crippen molar-refractivity contribution < 1.29 is 19.4 Å². The Labute approximate surface area is 135 Å². The summed E-state index contributed by atoms with van der Waals surface area (Å²) in [5.41, 5.74) is 1.10. The summed E-state index contributed by atoms with van der Waals surface area (Å²) in [6.45, 7) is 4.49. The number of aromatic carboxylic acids is 1. The molecule has 1 aromatic heterocycles. The molecule has 0 saturated heterocycles. The van der Waals surface area contributed by atoms with E-state index in [9.17, 15) is 4.79 Å². The van der Waals surface area contributed by atoms with Gasteiger partial charge in [-0.15, -0.1) is 0 Å². The van der Waals surface area contributed by atoms with Crippen molar-refractivity contribution in [1.82, 2.24) is 10.6 Å². The normalized spacial score (nSPS) is 12.3. The Morgan fingerprint density at radius 3 is 2.48 bits per heavy atom. The number of benzene rings is 1. The van der Waals surface area contributed by atoms with E-state index in [1.165, 1.54) is 0 Å². The molecule has 6 nitrogen and oxygen atoms in total. The van der Waals surface area contributed by atoms with Gasteiger partial charge in [0.15, 0.2) is 0 Å².